The topological polar surface area (TPSA) is 81.9 Å². The first kappa shape index (κ1) is 53.0. The molecule has 0 aromatic heterocycles. The number of allylic oxidation sites excluding steroid dienone is 5. The van der Waals surface area contributed by atoms with Crippen LogP contribution in [0, 0.1) is 0 Å². The number of unbranched alkanes of at least 4 members (excludes halogenated alkanes) is 16. The molecule has 0 radical (unpaired) electrons. The summed E-state index contributed by atoms with van der Waals surface area (Å²) in [7, 11) is -4.77. The minimum atomic E-state index is -4.77. The van der Waals surface area contributed by atoms with E-state index in [1.54, 1.807) is 18.2 Å². The molecule has 0 spiro atoms. The van der Waals surface area contributed by atoms with E-state index in [0.29, 0.717) is 11.1 Å². The second-order valence-electron chi connectivity index (χ2n) is 18.1. The van der Waals surface area contributed by atoms with Gasteiger partial charge in [-0.05, 0) is 103 Å². The van der Waals surface area contributed by atoms with Crippen LogP contribution in [0.1, 0.15) is 167 Å². The molecule has 0 aliphatic heterocycles. The Labute approximate surface area is 405 Å². The van der Waals surface area contributed by atoms with Gasteiger partial charge in [0.2, 0.25) is 11.4 Å². The minimum Gasteiger partial charge on any atom is -0.744 e. The predicted molar refractivity (Wildman–Crippen MR) is 281 cm³/mol. The summed E-state index contributed by atoms with van der Waals surface area (Å²) in [5.41, 5.74) is 6.92. The molecule has 0 fully saturated rings. The maximum absolute atomic E-state index is 12.8. The van der Waals surface area contributed by atoms with Crippen LogP contribution in [-0.4, -0.2) is 49.6 Å². The first-order valence-electron chi connectivity index (χ1n) is 25.9. The highest BCUT2D eigenvalue weighted by atomic mass is 32.2. The number of anilines is 2. The molecule has 7 nitrogen and oxygen atoms in total. The van der Waals surface area contributed by atoms with Gasteiger partial charge in [-0.3, -0.25) is 0 Å². The van der Waals surface area contributed by atoms with Crippen molar-refractivity contribution in [1.82, 2.24) is 0 Å². The lowest BCUT2D eigenvalue weighted by molar-refractivity contribution is -0.439. The second-order valence-corrected chi connectivity index (χ2v) is 19.4. The van der Waals surface area contributed by atoms with Crippen molar-refractivity contribution in [3.63, 3.8) is 0 Å². The third kappa shape index (κ3) is 17.6. The molecule has 0 saturated heterocycles. The summed E-state index contributed by atoms with van der Waals surface area (Å²) in [6.45, 7) is 12.1. The zero-order valence-electron chi connectivity index (χ0n) is 41.4. The molecule has 4 aromatic carbocycles. The summed E-state index contributed by atoms with van der Waals surface area (Å²) < 4.78 is 52.8. The molecule has 1 aliphatic carbocycles. The average molecular weight is 929 g/mol. The zero-order valence-corrected chi connectivity index (χ0v) is 42.2. The number of hydrogen-bond donors (Lipinski definition) is 0. The lowest BCUT2D eigenvalue weighted by atomic mass is 9.90. The molecule has 5 rings (SSSR count). The maximum Gasteiger partial charge on any atom is 0.205 e. The predicted octanol–water partition coefficient (Wildman–Crippen LogP) is 16.1. The fourth-order valence-electron chi connectivity index (χ4n) is 8.73. The number of benzene rings is 4. The molecule has 0 N–H and O–H groups in total. The third-order valence-corrected chi connectivity index (χ3v) is 13.6. The van der Waals surface area contributed by atoms with Crippen LogP contribution in [0.2, 0.25) is 0 Å². The molecule has 0 heterocycles. The molecular formula is C59H80N2O5S. The van der Waals surface area contributed by atoms with E-state index in [1.165, 1.54) is 96.0 Å². The fraction of sp³-hybridized carbons (Fsp3) is 0.475. The summed E-state index contributed by atoms with van der Waals surface area (Å²) in [4.78, 5) is 2.09. The van der Waals surface area contributed by atoms with Gasteiger partial charge >= 0.3 is 0 Å². The van der Waals surface area contributed by atoms with Crippen molar-refractivity contribution < 1.29 is 27.0 Å². The third-order valence-electron chi connectivity index (χ3n) is 12.7. The Bertz CT molecular complexity index is 2260. The Morgan fingerprint density at radius 2 is 0.985 bits per heavy atom. The zero-order chi connectivity index (χ0) is 47.5. The first-order chi connectivity index (χ1) is 32.8. The molecule has 4 aromatic rings. The molecule has 0 amide bonds. The Kier molecular flexibility index (Phi) is 23.6. The van der Waals surface area contributed by atoms with Crippen molar-refractivity contribution in [2.45, 2.75) is 161 Å². The Hall–Kier alpha value is -4.92. The molecule has 0 unspecified atom stereocenters. The molecule has 0 bridgehead atoms. The van der Waals surface area contributed by atoms with Gasteiger partial charge in [-0.2, -0.15) is 4.58 Å². The van der Waals surface area contributed by atoms with Crippen molar-refractivity contribution in [3.8, 4) is 11.5 Å². The monoisotopic (exact) mass is 929 g/mol. The molecule has 362 valence electrons. The van der Waals surface area contributed by atoms with Gasteiger partial charge < -0.3 is 18.9 Å². The first-order valence-corrected chi connectivity index (χ1v) is 27.3. The Balaban J connectivity index is 1.36. The number of ether oxygens (including phenoxy) is 2. The number of nitrogens with zero attached hydrogens (tertiary/aromatic N) is 2. The van der Waals surface area contributed by atoms with Gasteiger partial charge in [-0.1, -0.05) is 161 Å². The summed E-state index contributed by atoms with van der Waals surface area (Å²) in [5.74, 6) is 1.77. The molecule has 0 atom stereocenters. The summed E-state index contributed by atoms with van der Waals surface area (Å²) in [6, 6.07) is 31.6. The summed E-state index contributed by atoms with van der Waals surface area (Å²) in [6.07, 6.45) is 32.8. The quantitative estimate of drug-likeness (QED) is 0.0276. The van der Waals surface area contributed by atoms with Gasteiger partial charge in [0.05, 0.1) is 18.1 Å². The number of hydrogen-bond acceptors (Lipinski definition) is 6. The van der Waals surface area contributed by atoms with Crippen LogP contribution in [0.5, 0.6) is 11.5 Å². The fourth-order valence-corrected chi connectivity index (χ4v) is 9.41. The van der Waals surface area contributed by atoms with E-state index in [2.05, 4.69) is 110 Å². The standard InChI is InChI=1S/C59H80N2O5S/c1-5-9-13-15-17-19-21-25-47-65-55-41-37-53(38-42-55)60(45-11-7-3)51-33-29-49(30-34-51)59(57-27-23-24-28-58(57)67(62,63)64)50-31-35-52(36-32-50)61(46-12-8-4)54-39-43-56(44-40-54)66-48-26-22-20-18-16-14-10-6-2/h23-24,27-44H,5-22,25-26,45-48H2,1-4H3. The normalized spacial score (nSPS) is 12.4. The van der Waals surface area contributed by atoms with Crippen molar-refractivity contribution >= 4 is 38.5 Å². The van der Waals surface area contributed by atoms with Crippen LogP contribution in [0.15, 0.2) is 132 Å². The van der Waals surface area contributed by atoms with E-state index in [-0.39, 0.29) is 4.90 Å². The van der Waals surface area contributed by atoms with Gasteiger partial charge in [0.1, 0.15) is 28.2 Å². The summed E-state index contributed by atoms with van der Waals surface area (Å²) >= 11 is 0. The van der Waals surface area contributed by atoms with Gasteiger partial charge in [0.25, 0.3) is 0 Å². The minimum absolute atomic E-state index is 0.235. The van der Waals surface area contributed by atoms with Crippen molar-refractivity contribution in [2.75, 3.05) is 31.2 Å². The lowest BCUT2D eigenvalue weighted by Crippen LogP contribution is -2.18. The molecule has 1 aliphatic rings. The molecule has 0 saturated carbocycles. The highest BCUT2D eigenvalue weighted by Crippen LogP contribution is 2.36. The van der Waals surface area contributed by atoms with E-state index < -0.39 is 10.1 Å². The second kappa shape index (κ2) is 29.8. The Morgan fingerprint density at radius 1 is 0.522 bits per heavy atom. The van der Waals surface area contributed by atoms with Crippen LogP contribution >= 0.6 is 0 Å². The van der Waals surface area contributed by atoms with Crippen LogP contribution in [-0.2, 0) is 10.1 Å². The van der Waals surface area contributed by atoms with Crippen molar-refractivity contribution in [3.05, 3.63) is 138 Å². The van der Waals surface area contributed by atoms with E-state index >= 15 is 0 Å². The van der Waals surface area contributed by atoms with Gasteiger partial charge in [-0.25, -0.2) is 8.42 Å². The largest absolute Gasteiger partial charge is 0.744 e. The van der Waals surface area contributed by atoms with E-state index in [4.69, 9.17) is 9.47 Å². The van der Waals surface area contributed by atoms with E-state index in [0.717, 1.165) is 110 Å². The van der Waals surface area contributed by atoms with E-state index in [1.807, 2.05) is 24.3 Å². The van der Waals surface area contributed by atoms with Crippen LogP contribution in [0.3, 0.4) is 0 Å². The smallest absolute Gasteiger partial charge is 0.205 e. The van der Waals surface area contributed by atoms with Crippen molar-refractivity contribution in [2.24, 2.45) is 0 Å². The highest BCUT2D eigenvalue weighted by Gasteiger charge is 2.21. The lowest BCUT2D eigenvalue weighted by Gasteiger charge is -2.26. The summed E-state index contributed by atoms with van der Waals surface area (Å²) in [5, 5.41) is 0. The van der Waals surface area contributed by atoms with Gasteiger partial charge in [0.15, 0.2) is 0 Å². The SMILES string of the molecule is CCCCCCCCCCOc1ccc(N(CCCC)c2ccc(C(=C3C=CC(=[N+](CCCC)c4ccc(OCCCCCCCCCC)cc4)C=C3)c3ccccc3S(=O)(=O)[O-])cc2)cc1. The van der Waals surface area contributed by atoms with Crippen LogP contribution in [0.25, 0.3) is 5.57 Å². The highest BCUT2D eigenvalue weighted by molar-refractivity contribution is 7.85. The maximum atomic E-state index is 12.8. The molecule has 67 heavy (non-hydrogen) atoms. The van der Waals surface area contributed by atoms with Gasteiger partial charge in [0, 0.05) is 54.2 Å². The van der Waals surface area contributed by atoms with Crippen molar-refractivity contribution in [1.29, 1.82) is 0 Å². The molecule has 8 heteroatoms. The van der Waals surface area contributed by atoms with E-state index in [9.17, 15) is 13.0 Å². The average Bonchev–Trinajstić information content (AvgIpc) is 3.35. The molecular weight excluding hydrogens is 849 g/mol. The number of rotatable bonds is 32. The van der Waals surface area contributed by atoms with Crippen LogP contribution in [0.4, 0.5) is 17.1 Å². The Morgan fingerprint density at radius 3 is 1.49 bits per heavy atom. The van der Waals surface area contributed by atoms with Crippen LogP contribution < -0.4 is 14.4 Å². The van der Waals surface area contributed by atoms with Gasteiger partial charge in [-0.15, -0.1) is 0 Å².